The molecule has 0 aliphatic heterocycles. The minimum absolute atomic E-state index is 0.242. The van der Waals surface area contributed by atoms with Gasteiger partial charge in [0.15, 0.2) is 0 Å². The van der Waals surface area contributed by atoms with Crippen molar-refractivity contribution in [1.82, 2.24) is 15.1 Å². The Morgan fingerprint density at radius 1 is 1.13 bits per heavy atom. The molecule has 0 radical (unpaired) electrons. The van der Waals surface area contributed by atoms with Crippen LogP contribution in [-0.4, -0.2) is 22.8 Å². The summed E-state index contributed by atoms with van der Waals surface area (Å²) >= 11 is 0. The molecule has 1 N–H and O–H groups in total. The van der Waals surface area contributed by atoms with Crippen molar-refractivity contribution in [2.45, 2.75) is 19.9 Å². The minimum Gasteiger partial charge on any atom is -0.480 e. The first-order valence-electron chi connectivity index (χ1n) is 10.2. The lowest BCUT2D eigenvalue weighted by molar-refractivity contribution is 0.0947. The predicted octanol–water partition coefficient (Wildman–Crippen LogP) is 5.35. The summed E-state index contributed by atoms with van der Waals surface area (Å²) in [6.07, 6.45) is 8.20. The number of rotatable bonds is 9. The fraction of sp³-hybridized carbons (Fsp3) is 0.154. The molecule has 0 aliphatic carbocycles. The quantitative estimate of drug-likeness (QED) is 0.380. The normalized spacial score (nSPS) is 11.5. The highest BCUT2D eigenvalue weighted by atomic mass is 16.5. The number of para-hydroxylation sites is 1. The largest absolute Gasteiger partial charge is 0.480 e. The average Bonchev–Trinajstić information content (AvgIpc) is 3.21. The van der Waals surface area contributed by atoms with Crippen LogP contribution in [0.5, 0.6) is 5.88 Å². The first kappa shape index (κ1) is 21.8. The van der Waals surface area contributed by atoms with E-state index in [1.165, 1.54) is 0 Å². The zero-order chi connectivity index (χ0) is 22.1. The SMILES string of the molecule is C=C/C=C(\C/C=C\C)c1nn(-c2ccccc2)c(OC)c1C(=O)NCc1ccccc1. The molecule has 3 rings (SSSR count). The van der Waals surface area contributed by atoms with E-state index in [4.69, 9.17) is 9.84 Å². The van der Waals surface area contributed by atoms with Gasteiger partial charge in [0, 0.05) is 6.54 Å². The van der Waals surface area contributed by atoms with Crippen LogP contribution in [0, 0.1) is 0 Å². The lowest BCUT2D eigenvalue weighted by atomic mass is 10.0. The summed E-state index contributed by atoms with van der Waals surface area (Å²) < 4.78 is 7.35. The van der Waals surface area contributed by atoms with Crippen molar-refractivity contribution in [1.29, 1.82) is 0 Å². The Morgan fingerprint density at radius 3 is 2.42 bits per heavy atom. The standard InChI is InChI=1S/C26H27N3O2/c1-4-6-16-21(13-5-2)24-23(25(30)27-19-20-14-9-7-10-15-20)26(31-3)29(28-24)22-17-11-8-12-18-22/h4-15,17-18H,2,16,19H2,1,3H3,(H,27,30)/b6-4-,21-13+. The fourth-order valence-corrected chi connectivity index (χ4v) is 3.26. The number of benzene rings is 2. The van der Waals surface area contributed by atoms with Crippen LogP contribution in [0.1, 0.15) is 35.0 Å². The Bertz CT molecular complexity index is 1080. The number of carbonyl (C=O) groups is 1. The number of hydrogen-bond donors (Lipinski definition) is 1. The van der Waals surface area contributed by atoms with Crippen molar-refractivity contribution in [3.63, 3.8) is 0 Å². The Labute approximate surface area is 183 Å². The van der Waals surface area contributed by atoms with Crippen molar-refractivity contribution in [2.24, 2.45) is 0 Å². The molecule has 0 fully saturated rings. The van der Waals surface area contributed by atoms with Crippen LogP contribution < -0.4 is 10.1 Å². The second-order valence-corrected chi connectivity index (χ2v) is 6.85. The van der Waals surface area contributed by atoms with Crippen LogP contribution in [0.2, 0.25) is 0 Å². The average molecular weight is 414 g/mol. The third kappa shape index (κ3) is 5.20. The molecule has 0 saturated heterocycles. The molecular formula is C26H27N3O2. The Kier molecular flexibility index (Phi) is 7.60. The molecule has 3 aromatic rings. The molecule has 0 bridgehead atoms. The van der Waals surface area contributed by atoms with Crippen molar-refractivity contribution in [2.75, 3.05) is 7.11 Å². The number of carbonyl (C=O) groups excluding carboxylic acids is 1. The number of nitrogens with one attached hydrogen (secondary N) is 1. The van der Waals surface area contributed by atoms with Gasteiger partial charge in [0.2, 0.25) is 5.88 Å². The van der Waals surface area contributed by atoms with E-state index in [1.807, 2.05) is 85.8 Å². The van der Waals surface area contributed by atoms with Crippen LogP contribution in [0.15, 0.2) is 91.5 Å². The molecule has 1 aromatic heterocycles. The maximum Gasteiger partial charge on any atom is 0.259 e. The van der Waals surface area contributed by atoms with Crippen molar-refractivity contribution < 1.29 is 9.53 Å². The monoisotopic (exact) mass is 413 g/mol. The summed E-state index contributed by atoms with van der Waals surface area (Å²) in [6, 6.07) is 19.4. The van der Waals surface area contributed by atoms with E-state index in [0.29, 0.717) is 30.1 Å². The molecule has 31 heavy (non-hydrogen) atoms. The highest BCUT2D eigenvalue weighted by Crippen LogP contribution is 2.32. The number of methoxy groups -OCH3 is 1. The molecule has 0 saturated carbocycles. The van der Waals surface area contributed by atoms with Crippen LogP contribution >= 0.6 is 0 Å². The van der Waals surface area contributed by atoms with Gasteiger partial charge in [-0.15, -0.1) is 0 Å². The van der Waals surface area contributed by atoms with Crippen LogP contribution in [0.25, 0.3) is 11.3 Å². The summed E-state index contributed by atoms with van der Waals surface area (Å²) in [5.74, 6) is 0.149. The molecule has 0 unspecified atom stereocenters. The number of allylic oxidation sites excluding steroid dienone is 5. The summed E-state index contributed by atoms with van der Waals surface area (Å²) in [4.78, 5) is 13.3. The molecule has 0 atom stereocenters. The predicted molar refractivity (Wildman–Crippen MR) is 125 cm³/mol. The lowest BCUT2D eigenvalue weighted by Gasteiger charge is -2.09. The smallest absolute Gasteiger partial charge is 0.259 e. The zero-order valence-electron chi connectivity index (χ0n) is 17.9. The summed E-state index contributed by atoms with van der Waals surface area (Å²) in [7, 11) is 1.55. The summed E-state index contributed by atoms with van der Waals surface area (Å²) in [6.45, 7) is 6.20. The van der Waals surface area contributed by atoms with Crippen LogP contribution in [0.3, 0.4) is 0 Å². The minimum atomic E-state index is -0.242. The Balaban J connectivity index is 2.09. The molecular weight excluding hydrogens is 386 g/mol. The van der Waals surface area contributed by atoms with E-state index in [-0.39, 0.29) is 5.91 Å². The van der Waals surface area contributed by atoms with Gasteiger partial charge in [-0.1, -0.05) is 79.4 Å². The first-order valence-corrected chi connectivity index (χ1v) is 10.2. The molecule has 5 nitrogen and oxygen atoms in total. The van der Waals surface area contributed by atoms with Crippen LogP contribution in [0.4, 0.5) is 0 Å². The third-order valence-electron chi connectivity index (χ3n) is 4.76. The van der Waals surface area contributed by atoms with Crippen molar-refractivity contribution in [3.05, 3.63) is 108 Å². The number of nitrogens with zero attached hydrogens (tertiary/aromatic N) is 2. The van der Waals surface area contributed by atoms with Gasteiger partial charge < -0.3 is 10.1 Å². The maximum atomic E-state index is 13.3. The fourth-order valence-electron chi connectivity index (χ4n) is 3.26. The van der Waals surface area contributed by atoms with E-state index < -0.39 is 0 Å². The Morgan fingerprint density at radius 2 is 1.81 bits per heavy atom. The van der Waals surface area contributed by atoms with Gasteiger partial charge in [0.25, 0.3) is 5.91 Å². The second-order valence-electron chi connectivity index (χ2n) is 6.85. The number of aromatic nitrogens is 2. The topological polar surface area (TPSA) is 56.2 Å². The molecule has 158 valence electrons. The number of hydrogen-bond acceptors (Lipinski definition) is 3. The lowest BCUT2D eigenvalue weighted by Crippen LogP contribution is -2.24. The van der Waals surface area contributed by atoms with Gasteiger partial charge in [-0.25, -0.2) is 0 Å². The van der Waals surface area contributed by atoms with Gasteiger partial charge >= 0.3 is 0 Å². The van der Waals surface area contributed by atoms with E-state index in [9.17, 15) is 4.79 Å². The molecule has 0 aliphatic rings. The van der Waals surface area contributed by atoms with Gasteiger partial charge in [-0.3, -0.25) is 4.79 Å². The first-order chi connectivity index (χ1) is 15.2. The van der Waals surface area contributed by atoms with Gasteiger partial charge in [0.05, 0.1) is 12.8 Å². The number of amides is 1. The molecule has 2 aromatic carbocycles. The Hall–Kier alpha value is -3.86. The van der Waals surface area contributed by atoms with Crippen molar-refractivity contribution in [3.8, 4) is 11.6 Å². The summed E-state index contributed by atoms with van der Waals surface area (Å²) in [5, 5.41) is 7.78. The maximum absolute atomic E-state index is 13.3. The van der Waals surface area contributed by atoms with Crippen LogP contribution in [-0.2, 0) is 6.54 Å². The van der Waals surface area contributed by atoms with Gasteiger partial charge in [0.1, 0.15) is 11.3 Å². The van der Waals surface area contributed by atoms with Crippen molar-refractivity contribution >= 4 is 11.5 Å². The number of ether oxygens (including phenoxy) is 1. The summed E-state index contributed by atoms with van der Waals surface area (Å²) in [5.41, 5.74) is 3.68. The molecule has 1 amide bonds. The van der Waals surface area contributed by atoms with E-state index in [1.54, 1.807) is 17.9 Å². The van der Waals surface area contributed by atoms with Gasteiger partial charge in [-0.05, 0) is 36.6 Å². The third-order valence-corrected chi connectivity index (χ3v) is 4.76. The van der Waals surface area contributed by atoms with E-state index in [2.05, 4.69) is 11.9 Å². The van der Waals surface area contributed by atoms with Gasteiger partial charge in [-0.2, -0.15) is 9.78 Å². The van der Waals surface area contributed by atoms with E-state index in [0.717, 1.165) is 16.8 Å². The molecule has 0 spiro atoms. The molecule has 1 heterocycles. The second kappa shape index (κ2) is 10.8. The highest BCUT2D eigenvalue weighted by molar-refractivity contribution is 6.01. The zero-order valence-corrected chi connectivity index (χ0v) is 17.9. The molecule has 5 heteroatoms. The van der Waals surface area contributed by atoms with E-state index >= 15 is 0 Å². The highest BCUT2D eigenvalue weighted by Gasteiger charge is 2.27.